The minimum Gasteiger partial charge on any atom is -0.432 e. The summed E-state index contributed by atoms with van der Waals surface area (Å²) < 4.78 is 0. The van der Waals surface area contributed by atoms with Gasteiger partial charge in [0, 0.05) is 0 Å². The van der Waals surface area contributed by atoms with E-state index >= 15 is 0 Å². The van der Waals surface area contributed by atoms with Crippen molar-refractivity contribution < 1.29 is 9.90 Å². The number of rotatable bonds is 3. The fraction of sp³-hybridized carbons (Fsp3) is 1.00. The Labute approximate surface area is 45.5 Å². The van der Waals surface area contributed by atoms with Gasteiger partial charge in [-0.1, -0.05) is 13.3 Å². The number of hydrogen-bond acceptors (Lipinski definition) is 2. The molecule has 0 spiro atoms. The van der Waals surface area contributed by atoms with Gasteiger partial charge in [0.05, 0.1) is 6.23 Å². The minimum absolute atomic E-state index is 0.0356. The molecule has 0 aliphatic carbocycles. The summed E-state index contributed by atoms with van der Waals surface area (Å²) in [6.07, 6.45) is 1.03. The van der Waals surface area contributed by atoms with E-state index < -0.39 is 9.04 Å². The van der Waals surface area contributed by atoms with Crippen LogP contribution in [0.2, 0.25) is 6.04 Å². The van der Waals surface area contributed by atoms with Crippen LogP contribution in [0.4, 0.5) is 0 Å². The van der Waals surface area contributed by atoms with Crippen LogP contribution in [0.5, 0.6) is 0 Å². The first-order chi connectivity index (χ1) is 3.31. The Bertz CT molecular complexity index is 40.7. The summed E-state index contributed by atoms with van der Waals surface area (Å²) in [5.74, 6) is 0. The lowest BCUT2D eigenvalue weighted by Gasteiger charge is -1.98. The maximum absolute atomic E-state index is 8.75. The average Bonchev–Trinajstić information content (AvgIpc) is 1.68. The van der Waals surface area contributed by atoms with Crippen molar-refractivity contribution in [2.24, 2.45) is 0 Å². The molecule has 0 rings (SSSR count). The highest BCUT2D eigenvalue weighted by molar-refractivity contribution is 6.49. The molecule has 2 N–H and O–H groups in total. The SMILES string of the molecule is CCC[SiH](O)CO. The zero-order chi connectivity index (χ0) is 5.70. The molecular weight excluding hydrogens is 108 g/mol. The lowest BCUT2D eigenvalue weighted by atomic mass is 10.6. The first-order valence-corrected chi connectivity index (χ1v) is 4.75. The average molecular weight is 120 g/mol. The predicted octanol–water partition coefficient (Wildman–Crippen LogP) is -0.356. The molecule has 0 aromatic heterocycles. The fourth-order valence-corrected chi connectivity index (χ4v) is 1.27. The second-order valence-electron chi connectivity index (χ2n) is 1.63. The molecule has 0 heterocycles. The van der Waals surface area contributed by atoms with Gasteiger partial charge in [0.25, 0.3) is 0 Å². The first-order valence-electron chi connectivity index (χ1n) is 2.60. The van der Waals surface area contributed by atoms with Crippen LogP contribution in [0.3, 0.4) is 0 Å². The molecule has 1 atom stereocenters. The smallest absolute Gasteiger partial charge is 0.197 e. The van der Waals surface area contributed by atoms with Crippen LogP contribution in [0.1, 0.15) is 13.3 Å². The third kappa shape index (κ3) is 3.98. The third-order valence-electron chi connectivity index (χ3n) is 0.833. The molecule has 0 aliphatic rings. The Kier molecular flexibility index (Phi) is 4.38. The molecule has 0 bridgehead atoms. The summed E-state index contributed by atoms with van der Waals surface area (Å²) in [5.41, 5.74) is 0. The van der Waals surface area contributed by atoms with Crippen molar-refractivity contribution in [3.63, 3.8) is 0 Å². The maximum Gasteiger partial charge on any atom is 0.197 e. The van der Waals surface area contributed by atoms with Gasteiger partial charge in [0.15, 0.2) is 9.04 Å². The number of aliphatic hydroxyl groups is 1. The van der Waals surface area contributed by atoms with E-state index in [9.17, 15) is 0 Å². The van der Waals surface area contributed by atoms with Crippen LogP contribution in [0, 0.1) is 0 Å². The zero-order valence-electron chi connectivity index (χ0n) is 4.59. The Balaban J connectivity index is 2.83. The van der Waals surface area contributed by atoms with E-state index in [1.54, 1.807) is 0 Å². The monoisotopic (exact) mass is 120 g/mol. The highest BCUT2D eigenvalue weighted by atomic mass is 28.3. The van der Waals surface area contributed by atoms with E-state index in [0.717, 1.165) is 12.5 Å². The van der Waals surface area contributed by atoms with Crippen molar-refractivity contribution in [3.8, 4) is 0 Å². The van der Waals surface area contributed by atoms with E-state index in [-0.39, 0.29) is 6.23 Å². The van der Waals surface area contributed by atoms with E-state index in [2.05, 4.69) is 0 Å². The van der Waals surface area contributed by atoms with Gasteiger partial charge in [0.2, 0.25) is 0 Å². The highest BCUT2D eigenvalue weighted by Gasteiger charge is 1.99. The van der Waals surface area contributed by atoms with E-state index in [1.165, 1.54) is 0 Å². The maximum atomic E-state index is 8.75. The number of aliphatic hydroxyl groups excluding tert-OH is 1. The van der Waals surface area contributed by atoms with Crippen LogP contribution < -0.4 is 0 Å². The molecule has 1 unspecified atom stereocenters. The standard InChI is InChI=1S/C4H12O2Si/c1-2-3-7(6)4-5/h5-7H,2-4H2,1H3. The second kappa shape index (κ2) is 4.30. The summed E-state index contributed by atoms with van der Waals surface area (Å²) in [6, 6.07) is 0.844. The van der Waals surface area contributed by atoms with Crippen LogP contribution in [0.25, 0.3) is 0 Å². The minimum atomic E-state index is -1.63. The number of hydrogen-bond donors (Lipinski definition) is 2. The summed E-state index contributed by atoms with van der Waals surface area (Å²) >= 11 is 0. The predicted molar refractivity (Wildman–Crippen MR) is 31.6 cm³/mol. The normalized spacial score (nSPS) is 14.1. The van der Waals surface area contributed by atoms with Crippen molar-refractivity contribution in [2.75, 3.05) is 6.23 Å². The quantitative estimate of drug-likeness (QED) is 0.499. The molecule has 2 nitrogen and oxygen atoms in total. The molecule has 0 aromatic rings. The summed E-state index contributed by atoms with van der Waals surface area (Å²) in [5, 5.41) is 8.28. The molecular formula is C4H12O2Si. The molecule has 0 aliphatic heterocycles. The Morgan fingerprint density at radius 3 is 2.29 bits per heavy atom. The molecule has 0 fully saturated rings. The topological polar surface area (TPSA) is 40.5 Å². The summed E-state index contributed by atoms with van der Waals surface area (Å²) in [7, 11) is -1.63. The van der Waals surface area contributed by atoms with Crippen molar-refractivity contribution >= 4 is 9.04 Å². The van der Waals surface area contributed by atoms with Crippen LogP contribution in [-0.2, 0) is 0 Å². The second-order valence-corrected chi connectivity index (χ2v) is 3.88. The van der Waals surface area contributed by atoms with E-state index in [1.807, 2.05) is 6.92 Å². The highest BCUT2D eigenvalue weighted by Crippen LogP contribution is 1.90. The molecule has 3 heteroatoms. The zero-order valence-corrected chi connectivity index (χ0v) is 5.75. The van der Waals surface area contributed by atoms with Gasteiger partial charge in [-0.2, -0.15) is 0 Å². The van der Waals surface area contributed by atoms with Gasteiger partial charge < -0.3 is 9.90 Å². The first kappa shape index (κ1) is 7.14. The molecule has 44 valence electrons. The molecule has 0 saturated carbocycles. The largest absolute Gasteiger partial charge is 0.432 e. The fourth-order valence-electron chi connectivity index (χ4n) is 0.425. The molecule has 0 saturated heterocycles. The Hall–Kier alpha value is 0.137. The Morgan fingerprint density at radius 1 is 1.57 bits per heavy atom. The van der Waals surface area contributed by atoms with Gasteiger partial charge in [-0.25, -0.2) is 0 Å². The van der Waals surface area contributed by atoms with Crippen molar-refractivity contribution in [1.29, 1.82) is 0 Å². The summed E-state index contributed by atoms with van der Waals surface area (Å²) in [6.45, 7) is 2.01. The third-order valence-corrected chi connectivity index (χ3v) is 2.50. The molecule has 0 radical (unpaired) electrons. The van der Waals surface area contributed by atoms with Gasteiger partial charge in [-0.05, 0) is 6.04 Å². The van der Waals surface area contributed by atoms with Crippen LogP contribution >= 0.6 is 0 Å². The van der Waals surface area contributed by atoms with E-state index in [0.29, 0.717) is 0 Å². The molecule has 0 aromatic carbocycles. The lowest BCUT2D eigenvalue weighted by Crippen LogP contribution is -2.16. The van der Waals surface area contributed by atoms with Crippen molar-refractivity contribution in [2.45, 2.75) is 19.4 Å². The van der Waals surface area contributed by atoms with E-state index in [4.69, 9.17) is 9.90 Å². The van der Waals surface area contributed by atoms with Gasteiger partial charge >= 0.3 is 0 Å². The van der Waals surface area contributed by atoms with Gasteiger partial charge in [-0.3, -0.25) is 0 Å². The Morgan fingerprint density at radius 2 is 2.14 bits per heavy atom. The van der Waals surface area contributed by atoms with Crippen LogP contribution in [0.15, 0.2) is 0 Å². The van der Waals surface area contributed by atoms with Gasteiger partial charge in [0.1, 0.15) is 0 Å². The molecule has 7 heavy (non-hydrogen) atoms. The van der Waals surface area contributed by atoms with Gasteiger partial charge in [-0.15, -0.1) is 0 Å². The van der Waals surface area contributed by atoms with Crippen molar-refractivity contribution in [3.05, 3.63) is 0 Å². The lowest BCUT2D eigenvalue weighted by molar-refractivity contribution is 0.338. The van der Waals surface area contributed by atoms with Crippen molar-refractivity contribution in [1.82, 2.24) is 0 Å². The summed E-state index contributed by atoms with van der Waals surface area (Å²) in [4.78, 5) is 8.75. The van der Waals surface area contributed by atoms with Crippen LogP contribution in [-0.4, -0.2) is 25.2 Å². The molecule has 0 amide bonds.